The molecule has 0 radical (unpaired) electrons. The first kappa shape index (κ1) is 13.1. The van der Waals surface area contributed by atoms with Gasteiger partial charge >= 0.3 is 0 Å². The predicted octanol–water partition coefficient (Wildman–Crippen LogP) is 1.43. The van der Waals surface area contributed by atoms with Crippen molar-refractivity contribution in [3.05, 3.63) is 22.2 Å². The normalized spacial score (nSPS) is 15.7. The average Bonchev–Trinajstić information content (AvgIpc) is 3.09. The number of H-pyrrole nitrogens is 1. The van der Waals surface area contributed by atoms with E-state index in [2.05, 4.69) is 29.1 Å². The quantitative estimate of drug-likeness (QED) is 0.713. The summed E-state index contributed by atoms with van der Waals surface area (Å²) >= 11 is 0. The van der Waals surface area contributed by atoms with Gasteiger partial charge in [-0.3, -0.25) is 4.79 Å². The SMILES string of the molecule is CC(C)(CCN)CNc1cc(=O)[nH]c(C2CC2)n1. The fourth-order valence-corrected chi connectivity index (χ4v) is 1.93. The molecule has 0 unspecified atom stereocenters. The summed E-state index contributed by atoms with van der Waals surface area (Å²) in [5.41, 5.74) is 5.61. The van der Waals surface area contributed by atoms with E-state index >= 15 is 0 Å². The van der Waals surface area contributed by atoms with Gasteiger partial charge in [0.2, 0.25) is 0 Å². The molecular formula is C13H22N4O. The van der Waals surface area contributed by atoms with Gasteiger partial charge in [0.15, 0.2) is 0 Å². The second-order valence-electron chi connectivity index (χ2n) is 5.85. The van der Waals surface area contributed by atoms with Crippen LogP contribution in [0.1, 0.15) is 44.9 Å². The summed E-state index contributed by atoms with van der Waals surface area (Å²) in [6, 6.07) is 1.52. The van der Waals surface area contributed by atoms with Gasteiger partial charge in [0.05, 0.1) is 0 Å². The number of anilines is 1. The Balaban J connectivity index is 2.02. The molecule has 1 aromatic heterocycles. The Labute approximate surface area is 107 Å². The van der Waals surface area contributed by atoms with E-state index in [0.717, 1.165) is 31.6 Å². The minimum absolute atomic E-state index is 0.0777. The van der Waals surface area contributed by atoms with Crippen molar-refractivity contribution in [3.8, 4) is 0 Å². The number of nitrogens with one attached hydrogen (secondary N) is 2. The standard InChI is InChI=1S/C13H22N4O/c1-13(2,5-6-14)8-15-10-7-11(18)17-12(16-10)9-3-4-9/h7,9H,3-6,8,14H2,1-2H3,(H2,15,16,17,18). The number of aromatic nitrogens is 2. The fraction of sp³-hybridized carbons (Fsp3) is 0.692. The molecule has 1 aliphatic carbocycles. The number of nitrogens with zero attached hydrogens (tertiary/aromatic N) is 1. The Morgan fingerprint density at radius 3 is 2.89 bits per heavy atom. The largest absolute Gasteiger partial charge is 0.369 e. The van der Waals surface area contributed by atoms with Gasteiger partial charge in [-0.15, -0.1) is 0 Å². The molecule has 1 aliphatic rings. The monoisotopic (exact) mass is 250 g/mol. The zero-order valence-corrected chi connectivity index (χ0v) is 11.1. The molecule has 0 amide bonds. The van der Waals surface area contributed by atoms with Crippen molar-refractivity contribution in [3.63, 3.8) is 0 Å². The number of rotatable bonds is 6. The highest BCUT2D eigenvalue weighted by Crippen LogP contribution is 2.37. The maximum absolute atomic E-state index is 11.5. The van der Waals surface area contributed by atoms with Crippen LogP contribution in [0.2, 0.25) is 0 Å². The van der Waals surface area contributed by atoms with E-state index in [-0.39, 0.29) is 11.0 Å². The Kier molecular flexibility index (Phi) is 3.71. The molecule has 1 heterocycles. The lowest BCUT2D eigenvalue weighted by Crippen LogP contribution is -2.27. The third-order valence-corrected chi connectivity index (χ3v) is 3.29. The van der Waals surface area contributed by atoms with E-state index in [1.165, 1.54) is 6.07 Å². The van der Waals surface area contributed by atoms with E-state index in [9.17, 15) is 4.79 Å². The minimum atomic E-state index is -0.0777. The third kappa shape index (κ3) is 3.57. The Hall–Kier alpha value is -1.36. The van der Waals surface area contributed by atoms with Crippen LogP contribution in [0, 0.1) is 5.41 Å². The summed E-state index contributed by atoms with van der Waals surface area (Å²) in [5.74, 6) is 1.95. The van der Waals surface area contributed by atoms with E-state index in [1.807, 2.05) is 0 Å². The maximum Gasteiger partial charge on any atom is 0.252 e. The van der Waals surface area contributed by atoms with Crippen LogP contribution in [0.5, 0.6) is 0 Å². The van der Waals surface area contributed by atoms with Crippen molar-refractivity contribution in [2.24, 2.45) is 11.1 Å². The zero-order valence-electron chi connectivity index (χ0n) is 11.1. The second kappa shape index (κ2) is 5.10. The summed E-state index contributed by atoms with van der Waals surface area (Å²) in [6.07, 6.45) is 3.20. The molecular weight excluding hydrogens is 228 g/mol. The van der Waals surface area contributed by atoms with Crippen LogP contribution in [0.25, 0.3) is 0 Å². The smallest absolute Gasteiger partial charge is 0.252 e. The van der Waals surface area contributed by atoms with E-state index in [1.54, 1.807) is 0 Å². The van der Waals surface area contributed by atoms with E-state index < -0.39 is 0 Å². The van der Waals surface area contributed by atoms with Gasteiger partial charge in [0, 0.05) is 18.5 Å². The van der Waals surface area contributed by atoms with Gasteiger partial charge in [-0.1, -0.05) is 13.8 Å². The molecule has 0 spiro atoms. The van der Waals surface area contributed by atoms with Crippen molar-refractivity contribution >= 4 is 5.82 Å². The molecule has 18 heavy (non-hydrogen) atoms. The van der Waals surface area contributed by atoms with Crippen molar-refractivity contribution < 1.29 is 0 Å². The first-order chi connectivity index (χ1) is 8.50. The van der Waals surface area contributed by atoms with Gasteiger partial charge in [0.25, 0.3) is 5.56 Å². The summed E-state index contributed by atoms with van der Waals surface area (Å²) in [6.45, 7) is 5.75. The molecule has 5 heteroatoms. The van der Waals surface area contributed by atoms with Gasteiger partial charge in [-0.2, -0.15) is 0 Å². The zero-order chi connectivity index (χ0) is 13.2. The molecule has 2 rings (SSSR count). The van der Waals surface area contributed by atoms with Crippen LogP contribution in [-0.4, -0.2) is 23.1 Å². The molecule has 1 fully saturated rings. The Morgan fingerprint density at radius 1 is 1.56 bits per heavy atom. The third-order valence-electron chi connectivity index (χ3n) is 3.29. The van der Waals surface area contributed by atoms with Crippen LogP contribution in [0.4, 0.5) is 5.82 Å². The number of hydrogen-bond acceptors (Lipinski definition) is 4. The van der Waals surface area contributed by atoms with Crippen molar-refractivity contribution in [1.29, 1.82) is 0 Å². The van der Waals surface area contributed by atoms with Crippen LogP contribution < -0.4 is 16.6 Å². The number of nitrogens with two attached hydrogens (primary N) is 1. The highest BCUT2D eigenvalue weighted by Gasteiger charge is 2.26. The molecule has 1 saturated carbocycles. The number of aromatic amines is 1. The van der Waals surface area contributed by atoms with Gasteiger partial charge in [-0.05, 0) is 31.2 Å². The topological polar surface area (TPSA) is 83.8 Å². The highest BCUT2D eigenvalue weighted by atomic mass is 16.1. The molecule has 0 aromatic carbocycles. The van der Waals surface area contributed by atoms with Crippen LogP contribution in [0.3, 0.4) is 0 Å². The van der Waals surface area contributed by atoms with Crippen LogP contribution >= 0.6 is 0 Å². The molecule has 0 atom stereocenters. The summed E-state index contributed by atoms with van der Waals surface area (Å²) < 4.78 is 0. The average molecular weight is 250 g/mol. The Bertz CT molecular complexity index is 462. The summed E-state index contributed by atoms with van der Waals surface area (Å²) in [4.78, 5) is 18.8. The van der Waals surface area contributed by atoms with Crippen molar-refractivity contribution in [2.45, 2.75) is 39.0 Å². The lowest BCUT2D eigenvalue weighted by molar-refractivity contribution is 0.365. The molecule has 0 aliphatic heterocycles. The van der Waals surface area contributed by atoms with Crippen LogP contribution in [-0.2, 0) is 0 Å². The summed E-state index contributed by atoms with van der Waals surface area (Å²) in [5, 5.41) is 3.25. The van der Waals surface area contributed by atoms with Crippen LogP contribution in [0.15, 0.2) is 10.9 Å². The highest BCUT2D eigenvalue weighted by molar-refractivity contribution is 5.34. The summed E-state index contributed by atoms with van der Waals surface area (Å²) in [7, 11) is 0. The van der Waals surface area contributed by atoms with E-state index in [0.29, 0.717) is 18.3 Å². The van der Waals surface area contributed by atoms with Gasteiger partial charge in [0.1, 0.15) is 11.6 Å². The molecule has 5 nitrogen and oxygen atoms in total. The molecule has 1 aromatic rings. The minimum Gasteiger partial charge on any atom is -0.369 e. The van der Waals surface area contributed by atoms with Gasteiger partial charge in [-0.25, -0.2) is 4.98 Å². The lowest BCUT2D eigenvalue weighted by Gasteiger charge is -2.24. The predicted molar refractivity (Wildman–Crippen MR) is 72.8 cm³/mol. The van der Waals surface area contributed by atoms with Crippen molar-refractivity contribution in [1.82, 2.24) is 9.97 Å². The molecule has 0 saturated heterocycles. The first-order valence-electron chi connectivity index (χ1n) is 6.55. The second-order valence-corrected chi connectivity index (χ2v) is 5.85. The molecule has 0 bridgehead atoms. The first-order valence-corrected chi connectivity index (χ1v) is 6.55. The fourth-order valence-electron chi connectivity index (χ4n) is 1.93. The molecule has 4 N–H and O–H groups in total. The number of hydrogen-bond donors (Lipinski definition) is 3. The van der Waals surface area contributed by atoms with Crippen molar-refractivity contribution in [2.75, 3.05) is 18.4 Å². The van der Waals surface area contributed by atoms with E-state index in [4.69, 9.17) is 5.73 Å². The maximum atomic E-state index is 11.5. The lowest BCUT2D eigenvalue weighted by atomic mass is 9.89. The van der Waals surface area contributed by atoms with Gasteiger partial charge < -0.3 is 16.0 Å². The Morgan fingerprint density at radius 2 is 2.28 bits per heavy atom. The molecule has 100 valence electrons.